The molecule has 0 saturated carbocycles. The Kier molecular flexibility index (Phi) is 7.70. The van der Waals surface area contributed by atoms with E-state index in [2.05, 4.69) is 10.6 Å². The Balaban J connectivity index is 1.80. The number of methoxy groups -OCH3 is 2. The van der Waals surface area contributed by atoms with Crippen LogP contribution in [0.3, 0.4) is 0 Å². The molecule has 32 heavy (non-hydrogen) atoms. The van der Waals surface area contributed by atoms with Crippen molar-refractivity contribution in [1.82, 2.24) is 0 Å². The van der Waals surface area contributed by atoms with Gasteiger partial charge in [0.05, 0.1) is 25.6 Å². The van der Waals surface area contributed by atoms with E-state index in [0.717, 1.165) is 0 Å². The summed E-state index contributed by atoms with van der Waals surface area (Å²) < 4.78 is 16.7. The Morgan fingerprint density at radius 3 is 1.88 bits per heavy atom. The van der Waals surface area contributed by atoms with E-state index < -0.39 is 6.10 Å². The molecule has 2 N–H and O–H groups in total. The predicted molar refractivity (Wildman–Crippen MR) is 124 cm³/mol. The molecule has 0 aromatic heterocycles. The van der Waals surface area contributed by atoms with Crippen molar-refractivity contribution in [1.29, 1.82) is 0 Å². The first-order valence-corrected chi connectivity index (χ1v) is 10.2. The summed E-state index contributed by atoms with van der Waals surface area (Å²) in [5, 5.41) is 5.66. The molecule has 0 heterocycles. The van der Waals surface area contributed by atoms with Crippen molar-refractivity contribution in [3.8, 4) is 17.2 Å². The molecule has 0 radical (unpaired) electrons. The monoisotopic (exact) mass is 434 g/mol. The highest BCUT2D eigenvalue weighted by Crippen LogP contribution is 2.37. The van der Waals surface area contributed by atoms with Crippen molar-refractivity contribution in [3.63, 3.8) is 0 Å². The molecule has 3 rings (SSSR count). The molecule has 0 fully saturated rings. The summed E-state index contributed by atoms with van der Waals surface area (Å²) in [6, 6.07) is 21.2. The number of anilines is 2. The third-order valence-electron chi connectivity index (χ3n) is 4.75. The van der Waals surface area contributed by atoms with Gasteiger partial charge in [-0.05, 0) is 30.7 Å². The summed E-state index contributed by atoms with van der Waals surface area (Å²) in [5.74, 6) is 0.750. The Morgan fingerprint density at radius 1 is 0.812 bits per heavy atom. The molecule has 1 atom stereocenters. The standard InChI is InChI=1S/C25H26N2O5/c1-4-21(32-18-13-9-6-10-14-18)25(29)27-20-16-22(30-2)19(15-23(20)31-3)26-24(28)17-11-7-5-8-12-17/h5-16,21H,4H2,1-3H3,(H,26,28)(H,27,29)/t21-/m0/s1. The molecule has 7 heteroatoms. The molecule has 166 valence electrons. The average molecular weight is 434 g/mol. The molecule has 0 aliphatic heterocycles. The van der Waals surface area contributed by atoms with Crippen molar-refractivity contribution < 1.29 is 23.8 Å². The molecule has 0 unspecified atom stereocenters. The van der Waals surface area contributed by atoms with Gasteiger partial charge in [-0.15, -0.1) is 0 Å². The molecule has 0 saturated heterocycles. The fraction of sp³-hybridized carbons (Fsp3) is 0.200. The minimum atomic E-state index is -0.689. The summed E-state index contributed by atoms with van der Waals surface area (Å²) in [7, 11) is 2.97. The smallest absolute Gasteiger partial charge is 0.265 e. The molecule has 0 bridgehead atoms. The van der Waals surface area contributed by atoms with E-state index >= 15 is 0 Å². The predicted octanol–water partition coefficient (Wildman–Crippen LogP) is 4.75. The lowest BCUT2D eigenvalue weighted by atomic mass is 10.1. The van der Waals surface area contributed by atoms with Crippen LogP contribution < -0.4 is 24.8 Å². The van der Waals surface area contributed by atoms with E-state index in [0.29, 0.717) is 40.6 Å². The minimum Gasteiger partial charge on any atom is -0.494 e. The highest BCUT2D eigenvalue weighted by atomic mass is 16.5. The van der Waals surface area contributed by atoms with Gasteiger partial charge in [0.25, 0.3) is 11.8 Å². The van der Waals surface area contributed by atoms with E-state index in [1.165, 1.54) is 14.2 Å². The fourth-order valence-corrected chi connectivity index (χ4v) is 3.08. The lowest BCUT2D eigenvalue weighted by molar-refractivity contribution is -0.122. The van der Waals surface area contributed by atoms with Gasteiger partial charge in [0.15, 0.2) is 6.10 Å². The van der Waals surface area contributed by atoms with Crippen molar-refractivity contribution in [2.24, 2.45) is 0 Å². The lowest BCUT2D eigenvalue weighted by Crippen LogP contribution is -2.32. The van der Waals surface area contributed by atoms with E-state index in [1.54, 1.807) is 48.5 Å². The van der Waals surface area contributed by atoms with Crippen LogP contribution in [0, 0.1) is 0 Å². The first-order valence-electron chi connectivity index (χ1n) is 10.2. The average Bonchev–Trinajstić information content (AvgIpc) is 2.84. The number of nitrogens with one attached hydrogen (secondary N) is 2. The number of carbonyl (C=O) groups is 2. The van der Waals surface area contributed by atoms with Crippen molar-refractivity contribution in [3.05, 3.63) is 78.4 Å². The molecule has 3 aromatic rings. The van der Waals surface area contributed by atoms with Gasteiger partial charge in [-0.2, -0.15) is 0 Å². The van der Waals surface area contributed by atoms with E-state index in [-0.39, 0.29) is 11.8 Å². The van der Waals surface area contributed by atoms with Crippen LogP contribution in [-0.4, -0.2) is 32.1 Å². The van der Waals surface area contributed by atoms with Crippen LogP contribution in [0.15, 0.2) is 72.8 Å². The molecular weight excluding hydrogens is 408 g/mol. The number of para-hydroxylation sites is 1. The van der Waals surface area contributed by atoms with Gasteiger partial charge >= 0.3 is 0 Å². The normalized spacial score (nSPS) is 11.2. The summed E-state index contributed by atoms with van der Waals surface area (Å²) >= 11 is 0. The zero-order chi connectivity index (χ0) is 22.9. The highest BCUT2D eigenvalue weighted by molar-refractivity contribution is 6.05. The largest absolute Gasteiger partial charge is 0.494 e. The van der Waals surface area contributed by atoms with Crippen LogP contribution in [0.25, 0.3) is 0 Å². The van der Waals surface area contributed by atoms with Crippen LogP contribution >= 0.6 is 0 Å². The maximum atomic E-state index is 12.9. The second kappa shape index (κ2) is 10.9. The number of amides is 2. The van der Waals surface area contributed by atoms with Gasteiger partial charge in [-0.1, -0.05) is 43.3 Å². The lowest BCUT2D eigenvalue weighted by Gasteiger charge is -2.20. The highest BCUT2D eigenvalue weighted by Gasteiger charge is 2.22. The van der Waals surface area contributed by atoms with Crippen LogP contribution in [0.4, 0.5) is 11.4 Å². The fourth-order valence-electron chi connectivity index (χ4n) is 3.08. The van der Waals surface area contributed by atoms with E-state index in [9.17, 15) is 9.59 Å². The minimum absolute atomic E-state index is 0.287. The van der Waals surface area contributed by atoms with Crippen LogP contribution in [0.1, 0.15) is 23.7 Å². The first kappa shape index (κ1) is 22.7. The van der Waals surface area contributed by atoms with Gasteiger partial charge in [0.1, 0.15) is 17.2 Å². The molecule has 3 aromatic carbocycles. The molecule has 7 nitrogen and oxygen atoms in total. The second-order valence-corrected chi connectivity index (χ2v) is 6.89. The zero-order valence-electron chi connectivity index (χ0n) is 18.3. The van der Waals surface area contributed by atoms with Gasteiger partial charge in [0.2, 0.25) is 0 Å². The molecule has 2 amide bonds. The molecule has 0 aliphatic rings. The number of ether oxygens (including phenoxy) is 3. The summed E-state index contributed by atoms with van der Waals surface area (Å²) in [6.45, 7) is 1.87. The first-order chi connectivity index (χ1) is 15.5. The topological polar surface area (TPSA) is 85.9 Å². The van der Waals surface area contributed by atoms with Crippen LogP contribution in [0.2, 0.25) is 0 Å². The zero-order valence-corrected chi connectivity index (χ0v) is 18.3. The molecule has 0 aliphatic carbocycles. The van der Waals surface area contributed by atoms with Gasteiger partial charge in [-0.25, -0.2) is 0 Å². The molecule has 0 spiro atoms. The van der Waals surface area contributed by atoms with Gasteiger partial charge in [0, 0.05) is 17.7 Å². The number of carbonyl (C=O) groups excluding carboxylic acids is 2. The summed E-state index contributed by atoms with van der Waals surface area (Å²) in [4.78, 5) is 25.4. The number of benzene rings is 3. The third kappa shape index (κ3) is 5.57. The quantitative estimate of drug-likeness (QED) is 0.508. The maximum Gasteiger partial charge on any atom is 0.265 e. The van der Waals surface area contributed by atoms with Gasteiger partial charge in [-0.3, -0.25) is 9.59 Å². The third-order valence-corrected chi connectivity index (χ3v) is 4.75. The number of rotatable bonds is 9. The SMILES string of the molecule is CC[C@H](Oc1ccccc1)C(=O)Nc1cc(OC)c(NC(=O)c2ccccc2)cc1OC. The second-order valence-electron chi connectivity index (χ2n) is 6.89. The van der Waals surface area contributed by atoms with Crippen molar-refractivity contribution in [2.45, 2.75) is 19.4 Å². The van der Waals surface area contributed by atoms with E-state index in [1.807, 2.05) is 31.2 Å². The Hall–Kier alpha value is -4.00. The number of hydrogen-bond acceptors (Lipinski definition) is 5. The summed E-state index contributed by atoms with van der Waals surface area (Å²) in [5.41, 5.74) is 1.33. The van der Waals surface area contributed by atoms with Crippen molar-refractivity contribution >= 4 is 23.2 Å². The van der Waals surface area contributed by atoms with Crippen LogP contribution in [-0.2, 0) is 4.79 Å². The van der Waals surface area contributed by atoms with Gasteiger partial charge < -0.3 is 24.8 Å². The number of hydrogen-bond donors (Lipinski definition) is 2. The Bertz CT molecular complexity index is 1050. The summed E-state index contributed by atoms with van der Waals surface area (Å²) in [6.07, 6.45) is -0.212. The Morgan fingerprint density at radius 2 is 1.34 bits per heavy atom. The van der Waals surface area contributed by atoms with E-state index in [4.69, 9.17) is 14.2 Å². The molecular formula is C25H26N2O5. The maximum absolute atomic E-state index is 12.9. The van der Waals surface area contributed by atoms with Crippen molar-refractivity contribution in [2.75, 3.05) is 24.9 Å². The van der Waals surface area contributed by atoms with Crippen LogP contribution in [0.5, 0.6) is 17.2 Å². The Labute approximate surface area is 187 Å².